The van der Waals surface area contributed by atoms with Gasteiger partial charge < -0.3 is 0 Å². The average molecular weight is 375 g/mol. The molecule has 1 aromatic heterocycles. The van der Waals surface area contributed by atoms with Crippen molar-refractivity contribution in [3.63, 3.8) is 0 Å². The lowest BCUT2D eigenvalue weighted by Crippen LogP contribution is -2.32. The minimum Gasteiger partial charge on any atom is -0.267 e. The van der Waals surface area contributed by atoms with Crippen LogP contribution in [0.15, 0.2) is 89.1 Å². The van der Waals surface area contributed by atoms with Crippen LogP contribution in [0.1, 0.15) is 26.3 Å². The molecule has 0 bridgehead atoms. The van der Waals surface area contributed by atoms with Crippen LogP contribution in [0, 0.1) is 0 Å². The molecular formula is C21H17N3O2S. The first-order chi connectivity index (χ1) is 13.2. The molecule has 134 valence electrons. The van der Waals surface area contributed by atoms with Crippen LogP contribution in [0.2, 0.25) is 0 Å². The lowest BCUT2D eigenvalue weighted by atomic mass is 10.2. The third kappa shape index (κ3) is 4.68. The summed E-state index contributed by atoms with van der Waals surface area (Å²) in [5.41, 5.74) is 1.51. The molecule has 0 radical (unpaired) electrons. The molecule has 5 nitrogen and oxygen atoms in total. The lowest BCUT2D eigenvalue weighted by Gasteiger charge is -2.15. The van der Waals surface area contributed by atoms with Crippen molar-refractivity contribution in [2.24, 2.45) is 5.10 Å². The van der Waals surface area contributed by atoms with E-state index in [4.69, 9.17) is 0 Å². The number of carbonyl (C=O) groups excluding carboxylic acids is 2. The predicted octanol–water partition coefficient (Wildman–Crippen LogP) is 4.12. The quantitative estimate of drug-likeness (QED) is 0.291. The summed E-state index contributed by atoms with van der Waals surface area (Å²) in [5.74, 6) is -1.00. The van der Waals surface area contributed by atoms with Crippen LogP contribution in [0.25, 0.3) is 0 Å². The first kappa shape index (κ1) is 18.5. The van der Waals surface area contributed by atoms with Crippen molar-refractivity contribution in [3.8, 4) is 0 Å². The van der Waals surface area contributed by atoms with E-state index in [1.807, 2.05) is 36.6 Å². The third-order valence-electron chi connectivity index (χ3n) is 3.77. The first-order valence-electron chi connectivity index (χ1n) is 8.21. The lowest BCUT2D eigenvalue weighted by molar-refractivity contribution is 0.0622. The van der Waals surface area contributed by atoms with E-state index in [9.17, 15) is 9.59 Å². The van der Waals surface area contributed by atoms with Crippen LogP contribution in [-0.4, -0.2) is 34.3 Å². The third-order valence-corrected chi connectivity index (χ3v) is 4.51. The Labute approximate surface area is 161 Å². The zero-order valence-corrected chi connectivity index (χ0v) is 15.5. The van der Waals surface area contributed by atoms with Crippen molar-refractivity contribution in [1.82, 2.24) is 9.99 Å². The summed E-state index contributed by atoms with van der Waals surface area (Å²) in [6.07, 6.45) is 6.51. The number of benzene rings is 2. The summed E-state index contributed by atoms with van der Waals surface area (Å²) in [7, 11) is 0. The summed E-state index contributed by atoms with van der Waals surface area (Å²) in [6, 6.07) is 19.4. The summed E-state index contributed by atoms with van der Waals surface area (Å²) in [5, 5.41) is 5.07. The maximum absolute atomic E-state index is 12.9. The molecule has 0 saturated heterocycles. The van der Waals surface area contributed by atoms with Crippen molar-refractivity contribution in [3.05, 3.63) is 95.8 Å². The molecule has 0 unspecified atom stereocenters. The van der Waals surface area contributed by atoms with Gasteiger partial charge in [0.2, 0.25) is 0 Å². The van der Waals surface area contributed by atoms with Gasteiger partial charge in [0.05, 0.1) is 6.21 Å². The van der Waals surface area contributed by atoms with Gasteiger partial charge in [-0.25, -0.2) is 0 Å². The topological polar surface area (TPSA) is 62.6 Å². The zero-order valence-electron chi connectivity index (χ0n) is 14.6. The SMILES string of the molecule is CSc1ccc(/C=N/N(C(=O)c2ccccc2)C(=O)c2ccncc2)cc1. The van der Waals surface area contributed by atoms with Crippen molar-refractivity contribution in [2.45, 2.75) is 4.90 Å². The molecule has 27 heavy (non-hydrogen) atoms. The van der Waals surface area contributed by atoms with E-state index in [-0.39, 0.29) is 0 Å². The van der Waals surface area contributed by atoms with E-state index >= 15 is 0 Å². The van der Waals surface area contributed by atoms with Gasteiger partial charge in [-0.3, -0.25) is 14.6 Å². The highest BCUT2D eigenvalue weighted by Crippen LogP contribution is 2.15. The first-order valence-corrected chi connectivity index (χ1v) is 9.43. The number of nitrogens with zero attached hydrogens (tertiary/aromatic N) is 3. The normalized spacial score (nSPS) is 10.7. The second-order valence-electron chi connectivity index (χ2n) is 5.54. The van der Waals surface area contributed by atoms with Crippen molar-refractivity contribution >= 4 is 29.8 Å². The zero-order chi connectivity index (χ0) is 19.1. The summed E-state index contributed by atoms with van der Waals surface area (Å²) < 4.78 is 0. The molecule has 2 amide bonds. The number of hydrazone groups is 1. The Kier molecular flexibility index (Phi) is 6.12. The molecule has 0 aliphatic heterocycles. The molecule has 6 heteroatoms. The highest BCUT2D eigenvalue weighted by Gasteiger charge is 2.23. The number of hydrogen-bond acceptors (Lipinski definition) is 5. The monoisotopic (exact) mass is 375 g/mol. The van der Waals surface area contributed by atoms with Gasteiger partial charge in [0, 0.05) is 28.4 Å². The molecular weight excluding hydrogens is 358 g/mol. The average Bonchev–Trinajstić information content (AvgIpc) is 2.75. The molecule has 2 aromatic carbocycles. The highest BCUT2D eigenvalue weighted by atomic mass is 32.2. The predicted molar refractivity (Wildman–Crippen MR) is 107 cm³/mol. The molecule has 0 aliphatic rings. The Hall–Kier alpha value is -3.25. The molecule has 0 aliphatic carbocycles. The van der Waals surface area contributed by atoms with E-state index in [1.54, 1.807) is 48.2 Å². The van der Waals surface area contributed by atoms with E-state index in [2.05, 4.69) is 10.1 Å². The van der Waals surface area contributed by atoms with Crippen LogP contribution < -0.4 is 0 Å². The molecule has 0 saturated carbocycles. The maximum atomic E-state index is 12.9. The van der Waals surface area contributed by atoms with Gasteiger partial charge in [-0.2, -0.15) is 10.1 Å². The number of carbonyl (C=O) groups is 2. The van der Waals surface area contributed by atoms with Gasteiger partial charge in [-0.05, 0) is 48.2 Å². The summed E-state index contributed by atoms with van der Waals surface area (Å²) >= 11 is 1.64. The maximum Gasteiger partial charge on any atom is 0.281 e. The van der Waals surface area contributed by atoms with Crippen molar-refractivity contribution < 1.29 is 9.59 Å². The van der Waals surface area contributed by atoms with Gasteiger partial charge in [-0.15, -0.1) is 11.8 Å². The van der Waals surface area contributed by atoms with Crippen molar-refractivity contribution in [1.29, 1.82) is 0 Å². The molecule has 0 spiro atoms. The fourth-order valence-electron chi connectivity index (χ4n) is 2.33. The Morgan fingerprint density at radius 2 is 1.48 bits per heavy atom. The second kappa shape index (κ2) is 8.91. The van der Waals surface area contributed by atoms with Crippen LogP contribution in [-0.2, 0) is 0 Å². The molecule has 0 atom stereocenters. The Bertz CT molecular complexity index is 891. The van der Waals surface area contributed by atoms with Crippen LogP contribution in [0.5, 0.6) is 0 Å². The van der Waals surface area contributed by atoms with Gasteiger partial charge >= 0.3 is 0 Å². The molecule has 3 rings (SSSR count). The van der Waals surface area contributed by atoms with Gasteiger partial charge in [0.15, 0.2) is 0 Å². The fourth-order valence-corrected chi connectivity index (χ4v) is 2.74. The van der Waals surface area contributed by atoms with Crippen LogP contribution >= 0.6 is 11.8 Å². The highest BCUT2D eigenvalue weighted by molar-refractivity contribution is 7.98. The molecule has 1 heterocycles. The Morgan fingerprint density at radius 1 is 0.889 bits per heavy atom. The van der Waals surface area contributed by atoms with Crippen LogP contribution in [0.4, 0.5) is 0 Å². The minimum atomic E-state index is -0.511. The number of aromatic nitrogens is 1. The smallest absolute Gasteiger partial charge is 0.267 e. The summed E-state index contributed by atoms with van der Waals surface area (Å²) in [6.45, 7) is 0. The van der Waals surface area contributed by atoms with Gasteiger partial charge in [-0.1, -0.05) is 30.3 Å². The minimum absolute atomic E-state index is 0.337. The largest absolute Gasteiger partial charge is 0.281 e. The number of amides is 2. The fraction of sp³-hybridized carbons (Fsp3) is 0.0476. The Morgan fingerprint density at radius 3 is 2.07 bits per heavy atom. The standard InChI is InChI=1S/C21H17N3O2S/c1-27-19-9-7-16(8-10-19)15-23-24(20(25)17-5-3-2-4-6-17)21(26)18-11-13-22-14-12-18/h2-15H,1H3/b23-15+. The molecule has 3 aromatic rings. The Balaban J connectivity index is 1.92. The van der Waals surface area contributed by atoms with E-state index < -0.39 is 11.8 Å². The van der Waals surface area contributed by atoms with E-state index in [0.29, 0.717) is 11.1 Å². The number of imide groups is 1. The van der Waals surface area contributed by atoms with Gasteiger partial charge in [0.25, 0.3) is 11.8 Å². The number of rotatable bonds is 5. The second-order valence-corrected chi connectivity index (χ2v) is 6.42. The number of pyridine rings is 1. The van der Waals surface area contributed by atoms with E-state index in [0.717, 1.165) is 15.5 Å². The van der Waals surface area contributed by atoms with E-state index in [1.165, 1.54) is 18.6 Å². The van der Waals surface area contributed by atoms with Crippen LogP contribution in [0.3, 0.4) is 0 Å². The number of thioether (sulfide) groups is 1. The summed E-state index contributed by atoms with van der Waals surface area (Å²) in [4.78, 5) is 30.7. The van der Waals surface area contributed by atoms with Crippen molar-refractivity contribution in [2.75, 3.05) is 6.26 Å². The van der Waals surface area contributed by atoms with Gasteiger partial charge in [0.1, 0.15) is 0 Å². The molecule has 0 N–H and O–H groups in total. The molecule has 0 fully saturated rings. The number of hydrogen-bond donors (Lipinski definition) is 0.